The van der Waals surface area contributed by atoms with Gasteiger partial charge in [-0.2, -0.15) is 0 Å². The molecule has 1 N–H and O–H groups in total. The van der Waals surface area contributed by atoms with Gasteiger partial charge in [-0.1, -0.05) is 67.2 Å². The van der Waals surface area contributed by atoms with E-state index in [4.69, 9.17) is 0 Å². The van der Waals surface area contributed by atoms with E-state index in [1.165, 1.54) is 41.3 Å². The molecule has 0 saturated carbocycles. The molecule has 1 rings (SSSR count). The van der Waals surface area contributed by atoms with Crippen LogP contribution >= 0.6 is 15.9 Å². The molecular weight excluding hydrogens is 298 g/mol. The van der Waals surface area contributed by atoms with Crippen molar-refractivity contribution in [1.29, 1.82) is 0 Å². The van der Waals surface area contributed by atoms with E-state index in [2.05, 4.69) is 67.1 Å². The number of benzene rings is 1. The Labute approximate surface area is 127 Å². The van der Waals surface area contributed by atoms with E-state index in [1.54, 1.807) is 0 Å². The average molecular weight is 326 g/mol. The molecule has 2 heteroatoms. The fourth-order valence-electron chi connectivity index (χ4n) is 2.58. The second kappa shape index (κ2) is 8.76. The molecule has 0 aliphatic heterocycles. The first-order valence-corrected chi connectivity index (χ1v) is 8.37. The predicted octanol–water partition coefficient (Wildman–Crippen LogP) is 5.62. The highest BCUT2D eigenvalue weighted by Crippen LogP contribution is 2.30. The van der Waals surface area contributed by atoms with Gasteiger partial charge in [0.25, 0.3) is 0 Å². The second-order valence-electron chi connectivity index (χ2n) is 5.66. The number of hydrogen-bond donors (Lipinski definition) is 1. The van der Waals surface area contributed by atoms with Crippen molar-refractivity contribution >= 4 is 15.9 Å². The van der Waals surface area contributed by atoms with Crippen molar-refractivity contribution in [3.8, 4) is 0 Å². The normalized spacial score (nSPS) is 14.4. The Balaban J connectivity index is 2.85. The van der Waals surface area contributed by atoms with Crippen LogP contribution in [-0.2, 0) is 0 Å². The van der Waals surface area contributed by atoms with Gasteiger partial charge in [-0.05, 0) is 43.9 Å². The first-order chi connectivity index (χ1) is 9.08. The molecule has 0 radical (unpaired) electrons. The molecule has 0 aromatic heterocycles. The monoisotopic (exact) mass is 325 g/mol. The molecule has 0 aliphatic carbocycles. The Hall–Kier alpha value is -0.340. The average Bonchev–Trinajstić information content (AvgIpc) is 2.38. The number of aryl methyl sites for hydroxylation is 1. The Morgan fingerprint density at radius 1 is 1.21 bits per heavy atom. The zero-order valence-corrected chi connectivity index (χ0v) is 14.4. The molecule has 19 heavy (non-hydrogen) atoms. The van der Waals surface area contributed by atoms with Gasteiger partial charge in [0.05, 0.1) is 0 Å². The Morgan fingerprint density at radius 2 is 1.95 bits per heavy atom. The smallest absolute Gasteiger partial charge is 0.0334 e. The van der Waals surface area contributed by atoms with Gasteiger partial charge < -0.3 is 5.32 Å². The van der Waals surface area contributed by atoms with Crippen molar-refractivity contribution in [2.45, 2.75) is 59.4 Å². The molecule has 0 spiro atoms. The summed E-state index contributed by atoms with van der Waals surface area (Å²) >= 11 is 3.71. The van der Waals surface area contributed by atoms with Gasteiger partial charge >= 0.3 is 0 Å². The largest absolute Gasteiger partial charge is 0.310 e. The highest BCUT2D eigenvalue weighted by molar-refractivity contribution is 9.10. The van der Waals surface area contributed by atoms with Crippen molar-refractivity contribution in [1.82, 2.24) is 5.32 Å². The molecule has 0 bridgehead atoms. The molecule has 1 aromatic carbocycles. The van der Waals surface area contributed by atoms with E-state index in [0.29, 0.717) is 6.04 Å². The fourth-order valence-corrected chi connectivity index (χ4v) is 3.11. The second-order valence-corrected chi connectivity index (χ2v) is 6.52. The van der Waals surface area contributed by atoms with Crippen LogP contribution in [0.5, 0.6) is 0 Å². The number of halogens is 1. The summed E-state index contributed by atoms with van der Waals surface area (Å²) in [6.07, 6.45) is 4.99. The lowest BCUT2D eigenvalue weighted by molar-refractivity contribution is 0.389. The summed E-state index contributed by atoms with van der Waals surface area (Å²) in [5, 5.41) is 3.71. The minimum atomic E-state index is 0.468. The number of hydrogen-bond acceptors (Lipinski definition) is 1. The zero-order valence-electron chi connectivity index (χ0n) is 12.8. The van der Waals surface area contributed by atoms with E-state index < -0.39 is 0 Å². The summed E-state index contributed by atoms with van der Waals surface area (Å²) in [6, 6.07) is 7.13. The molecule has 2 atom stereocenters. The Morgan fingerprint density at radius 3 is 2.58 bits per heavy atom. The molecular formula is C17H28BrN. The van der Waals surface area contributed by atoms with Crippen LogP contribution in [0.2, 0.25) is 0 Å². The minimum absolute atomic E-state index is 0.468. The lowest BCUT2D eigenvalue weighted by Gasteiger charge is -2.24. The summed E-state index contributed by atoms with van der Waals surface area (Å²) in [7, 11) is 0. The van der Waals surface area contributed by atoms with Crippen molar-refractivity contribution in [2.75, 3.05) is 6.54 Å². The summed E-state index contributed by atoms with van der Waals surface area (Å²) in [5.74, 6) is 0.770. The van der Waals surface area contributed by atoms with E-state index in [-0.39, 0.29) is 0 Å². The quantitative estimate of drug-likeness (QED) is 0.653. The minimum Gasteiger partial charge on any atom is -0.310 e. The van der Waals surface area contributed by atoms with Crippen molar-refractivity contribution in [3.63, 3.8) is 0 Å². The maximum atomic E-state index is 3.71. The standard InChI is InChI=1S/C17H28BrN/c1-5-7-13(3)12-17(19-10-6-2)15-11-14(4)8-9-16(15)18/h8-9,11,13,17,19H,5-7,10,12H2,1-4H3. The summed E-state index contributed by atoms with van der Waals surface area (Å²) < 4.78 is 1.23. The van der Waals surface area contributed by atoms with Crippen LogP contribution in [0, 0.1) is 12.8 Å². The van der Waals surface area contributed by atoms with Gasteiger partial charge in [0.1, 0.15) is 0 Å². The molecule has 2 unspecified atom stereocenters. The Bertz CT molecular complexity index is 376. The van der Waals surface area contributed by atoms with Gasteiger partial charge in [0.2, 0.25) is 0 Å². The maximum Gasteiger partial charge on any atom is 0.0334 e. The summed E-state index contributed by atoms with van der Waals surface area (Å²) in [6.45, 7) is 10.1. The summed E-state index contributed by atoms with van der Waals surface area (Å²) in [5.41, 5.74) is 2.75. The van der Waals surface area contributed by atoms with Crippen molar-refractivity contribution in [2.24, 2.45) is 5.92 Å². The molecule has 1 aromatic rings. The third kappa shape index (κ3) is 5.66. The number of rotatable bonds is 8. The lowest BCUT2D eigenvalue weighted by atomic mass is 9.92. The van der Waals surface area contributed by atoms with Gasteiger partial charge in [0, 0.05) is 10.5 Å². The summed E-state index contributed by atoms with van der Waals surface area (Å²) in [4.78, 5) is 0. The van der Waals surface area contributed by atoms with Crippen LogP contribution in [0.15, 0.2) is 22.7 Å². The maximum absolute atomic E-state index is 3.71. The van der Waals surface area contributed by atoms with Gasteiger partial charge in [-0.25, -0.2) is 0 Å². The number of nitrogens with one attached hydrogen (secondary N) is 1. The van der Waals surface area contributed by atoms with Crippen LogP contribution in [0.4, 0.5) is 0 Å². The third-order valence-corrected chi connectivity index (χ3v) is 4.31. The molecule has 108 valence electrons. The van der Waals surface area contributed by atoms with Crippen LogP contribution in [-0.4, -0.2) is 6.54 Å². The zero-order chi connectivity index (χ0) is 14.3. The van der Waals surface area contributed by atoms with Gasteiger partial charge in [0.15, 0.2) is 0 Å². The molecule has 1 nitrogen and oxygen atoms in total. The molecule has 0 aliphatic rings. The Kier molecular flexibility index (Phi) is 7.70. The van der Waals surface area contributed by atoms with Gasteiger partial charge in [-0.15, -0.1) is 0 Å². The van der Waals surface area contributed by atoms with Crippen molar-refractivity contribution in [3.05, 3.63) is 33.8 Å². The first-order valence-electron chi connectivity index (χ1n) is 7.57. The molecule has 0 fully saturated rings. The van der Waals surface area contributed by atoms with Gasteiger partial charge in [-0.3, -0.25) is 0 Å². The lowest BCUT2D eigenvalue weighted by Crippen LogP contribution is -2.24. The highest BCUT2D eigenvalue weighted by Gasteiger charge is 2.17. The highest BCUT2D eigenvalue weighted by atomic mass is 79.9. The van der Waals surface area contributed by atoms with Crippen LogP contribution in [0.25, 0.3) is 0 Å². The van der Waals surface area contributed by atoms with Crippen molar-refractivity contribution < 1.29 is 0 Å². The van der Waals surface area contributed by atoms with Crippen LogP contribution in [0.1, 0.15) is 63.6 Å². The topological polar surface area (TPSA) is 12.0 Å². The van der Waals surface area contributed by atoms with Crippen LogP contribution in [0.3, 0.4) is 0 Å². The first kappa shape index (κ1) is 16.7. The molecule has 0 heterocycles. The van der Waals surface area contributed by atoms with E-state index in [1.807, 2.05) is 0 Å². The molecule has 0 saturated heterocycles. The fraction of sp³-hybridized carbons (Fsp3) is 0.647. The SMILES string of the molecule is CCCNC(CC(C)CCC)c1cc(C)ccc1Br. The van der Waals surface area contributed by atoms with E-state index in [9.17, 15) is 0 Å². The molecule has 0 amide bonds. The van der Waals surface area contributed by atoms with E-state index >= 15 is 0 Å². The third-order valence-electron chi connectivity index (χ3n) is 3.59. The van der Waals surface area contributed by atoms with Crippen LogP contribution < -0.4 is 5.32 Å². The predicted molar refractivity (Wildman–Crippen MR) is 88.6 cm³/mol. The van der Waals surface area contributed by atoms with E-state index in [0.717, 1.165) is 12.5 Å².